The summed E-state index contributed by atoms with van der Waals surface area (Å²) < 4.78 is 10.9. The molecule has 3 aromatic carbocycles. The normalized spacial score (nSPS) is 25.7. The van der Waals surface area contributed by atoms with Gasteiger partial charge in [-0.15, -0.1) is 0 Å². The van der Waals surface area contributed by atoms with Gasteiger partial charge in [0.2, 0.25) is 22.8 Å². The summed E-state index contributed by atoms with van der Waals surface area (Å²) in [5.74, 6) is -3.29. The van der Waals surface area contributed by atoms with E-state index in [1.165, 1.54) is 18.2 Å². The minimum absolute atomic E-state index is 0.00390. The molecule has 0 amide bonds. The van der Waals surface area contributed by atoms with Crippen molar-refractivity contribution >= 4 is 17.3 Å². The smallest absolute Gasteiger partial charge is 0.218 e. The number of hydrogen-bond acceptors (Lipinski definition) is 8. The lowest BCUT2D eigenvalue weighted by Gasteiger charge is -2.38. The molecule has 4 rings (SSSR count). The van der Waals surface area contributed by atoms with E-state index >= 15 is 0 Å². The number of rotatable bonds is 8. The van der Waals surface area contributed by atoms with E-state index in [4.69, 9.17) is 9.47 Å². The first-order valence-electron chi connectivity index (χ1n) is 12.1. The van der Waals surface area contributed by atoms with Gasteiger partial charge in [0, 0.05) is 18.2 Å². The lowest BCUT2D eigenvalue weighted by molar-refractivity contribution is -0.180. The minimum atomic E-state index is -3.15. The van der Waals surface area contributed by atoms with Crippen LogP contribution >= 0.6 is 0 Å². The van der Waals surface area contributed by atoms with Gasteiger partial charge in [-0.05, 0) is 43.0 Å². The number of aryl methyl sites for hydroxylation is 3. The Bertz CT molecular complexity index is 1400. The topological polar surface area (TPSA) is 130 Å². The van der Waals surface area contributed by atoms with E-state index in [1.807, 2.05) is 0 Å². The molecule has 1 fully saturated rings. The molecule has 1 aliphatic rings. The number of hydrogen-bond donors (Lipinski definition) is 3. The molecule has 198 valence electrons. The Labute approximate surface area is 220 Å². The number of benzene rings is 3. The highest BCUT2D eigenvalue weighted by Gasteiger charge is 2.75. The molecule has 0 aliphatic carbocycles. The van der Waals surface area contributed by atoms with Crippen molar-refractivity contribution in [3.8, 4) is 0 Å². The van der Waals surface area contributed by atoms with Gasteiger partial charge in [0.1, 0.15) is 6.10 Å². The zero-order valence-corrected chi connectivity index (χ0v) is 21.5. The van der Waals surface area contributed by atoms with Crippen molar-refractivity contribution in [2.45, 2.75) is 50.5 Å². The second-order valence-electron chi connectivity index (χ2n) is 9.57. The molecule has 1 saturated heterocycles. The predicted molar refractivity (Wildman–Crippen MR) is 138 cm³/mol. The first-order valence-corrected chi connectivity index (χ1v) is 12.1. The molecule has 38 heavy (non-hydrogen) atoms. The van der Waals surface area contributed by atoms with Gasteiger partial charge >= 0.3 is 0 Å². The molecule has 0 bridgehead atoms. The second kappa shape index (κ2) is 10.3. The monoisotopic (exact) mass is 518 g/mol. The van der Waals surface area contributed by atoms with Crippen molar-refractivity contribution in [1.29, 1.82) is 0 Å². The van der Waals surface area contributed by atoms with Crippen LogP contribution in [0.2, 0.25) is 0 Å². The van der Waals surface area contributed by atoms with E-state index in [1.54, 1.807) is 75.4 Å². The van der Waals surface area contributed by atoms with Gasteiger partial charge in [-0.2, -0.15) is 0 Å². The van der Waals surface area contributed by atoms with Crippen LogP contribution in [-0.4, -0.2) is 63.4 Å². The summed E-state index contributed by atoms with van der Waals surface area (Å²) in [5, 5.41) is 35.3. The molecular formula is C30H30O8. The van der Waals surface area contributed by atoms with Gasteiger partial charge in [0.05, 0.1) is 0 Å². The van der Waals surface area contributed by atoms with Crippen LogP contribution in [0, 0.1) is 20.8 Å². The van der Waals surface area contributed by atoms with Crippen molar-refractivity contribution < 1.29 is 39.2 Å². The zero-order valence-electron chi connectivity index (χ0n) is 21.5. The predicted octanol–water partition coefficient (Wildman–Crippen LogP) is 2.81. The summed E-state index contributed by atoms with van der Waals surface area (Å²) in [7, 11) is 1.12. The largest absolute Gasteiger partial charge is 0.380 e. The molecule has 3 N–H and O–H groups in total. The number of methoxy groups -OCH3 is 1. The molecule has 0 radical (unpaired) electrons. The van der Waals surface area contributed by atoms with E-state index < -0.39 is 47.0 Å². The van der Waals surface area contributed by atoms with Gasteiger partial charge < -0.3 is 24.8 Å². The number of ether oxygens (including phenoxy) is 2. The highest BCUT2D eigenvalue weighted by molar-refractivity contribution is 6.16. The van der Waals surface area contributed by atoms with Crippen LogP contribution < -0.4 is 0 Å². The first kappa shape index (κ1) is 27.5. The van der Waals surface area contributed by atoms with E-state index in [0.29, 0.717) is 16.7 Å². The number of ketones is 3. The molecule has 3 aromatic rings. The second-order valence-corrected chi connectivity index (χ2v) is 9.57. The van der Waals surface area contributed by atoms with Gasteiger partial charge in [-0.25, -0.2) is 0 Å². The highest BCUT2D eigenvalue weighted by atomic mass is 16.7. The fourth-order valence-corrected chi connectivity index (χ4v) is 5.03. The zero-order chi connectivity index (χ0) is 27.8. The van der Waals surface area contributed by atoms with Crippen LogP contribution in [0.15, 0.2) is 72.8 Å². The third-order valence-electron chi connectivity index (χ3n) is 7.26. The molecule has 8 heteroatoms. The lowest BCUT2D eigenvalue weighted by atomic mass is 9.69. The van der Waals surface area contributed by atoms with Gasteiger partial charge in [0.15, 0.2) is 18.2 Å². The Morgan fingerprint density at radius 2 is 1.21 bits per heavy atom. The van der Waals surface area contributed by atoms with Crippen molar-refractivity contribution in [3.63, 3.8) is 0 Å². The van der Waals surface area contributed by atoms with E-state index in [2.05, 4.69) is 0 Å². The van der Waals surface area contributed by atoms with E-state index in [0.717, 1.165) is 7.11 Å². The molecule has 0 spiro atoms. The maximum Gasteiger partial charge on any atom is 0.218 e. The van der Waals surface area contributed by atoms with Gasteiger partial charge in [-0.1, -0.05) is 72.8 Å². The molecule has 5 atom stereocenters. The summed E-state index contributed by atoms with van der Waals surface area (Å²) in [6, 6.07) is 19.1. The van der Waals surface area contributed by atoms with Crippen molar-refractivity contribution in [2.24, 2.45) is 0 Å². The summed E-state index contributed by atoms with van der Waals surface area (Å²) in [6.07, 6.45) is -5.89. The third-order valence-corrected chi connectivity index (χ3v) is 7.26. The minimum Gasteiger partial charge on any atom is -0.380 e. The molecule has 0 aromatic heterocycles. The first-order chi connectivity index (χ1) is 18.0. The van der Waals surface area contributed by atoms with Crippen LogP contribution in [0.3, 0.4) is 0 Å². The molecule has 0 saturated carbocycles. The Balaban J connectivity index is 1.94. The van der Waals surface area contributed by atoms with Crippen LogP contribution in [0.25, 0.3) is 0 Å². The summed E-state index contributed by atoms with van der Waals surface area (Å²) >= 11 is 0. The average Bonchev–Trinajstić information content (AvgIpc) is 3.16. The SMILES string of the molecule is COC1O[C@@H](C(=O)C(O)c2ccccc2C)[C@@](O)(C(=O)c2ccccc2C)[C@]1(O)C(=O)c1ccccc1C. The Hall–Kier alpha value is -3.53. The Morgan fingerprint density at radius 1 is 0.763 bits per heavy atom. The number of Topliss-reactive ketones (excluding diaryl/α,β-unsaturated/α-hetero) is 3. The molecule has 2 unspecified atom stereocenters. The van der Waals surface area contributed by atoms with Crippen LogP contribution in [0.1, 0.15) is 49.1 Å². The summed E-state index contributed by atoms with van der Waals surface area (Å²) in [6.45, 7) is 4.92. The lowest BCUT2D eigenvalue weighted by Crippen LogP contribution is -2.69. The number of aliphatic hydroxyl groups is 3. The third kappa shape index (κ3) is 4.11. The standard InChI is InChI=1S/C30H30O8/c1-17-11-5-8-14-20(17)23(31)24(32)27-29(35,25(33)21-15-9-6-12-18(21)2)30(36,28(37-4)38-27)26(34)22-16-10-7-13-19(22)3/h5-16,23,27-28,31,35-36H,1-4H3/t23?,27-,28?,29-,30-/m0/s1. The van der Waals surface area contributed by atoms with Crippen LogP contribution in [0.5, 0.6) is 0 Å². The highest BCUT2D eigenvalue weighted by Crippen LogP contribution is 2.46. The van der Waals surface area contributed by atoms with E-state index in [9.17, 15) is 29.7 Å². The Kier molecular flexibility index (Phi) is 7.47. The summed E-state index contributed by atoms with van der Waals surface area (Å²) in [4.78, 5) is 41.8. The molecule has 1 aliphatic heterocycles. The fourth-order valence-electron chi connectivity index (χ4n) is 5.03. The van der Waals surface area contributed by atoms with Crippen molar-refractivity contribution in [2.75, 3.05) is 7.11 Å². The summed E-state index contributed by atoms with van der Waals surface area (Å²) in [5.41, 5.74) is -4.53. The number of carbonyl (C=O) groups is 3. The fraction of sp³-hybridized carbons (Fsp3) is 0.300. The molecular weight excluding hydrogens is 488 g/mol. The van der Waals surface area contributed by atoms with Crippen LogP contribution in [0.4, 0.5) is 0 Å². The Morgan fingerprint density at radius 3 is 1.68 bits per heavy atom. The van der Waals surface area contributed by atoms with Gasteiger partial charge in [-0.3, -0.25) is 14.4 Å². The number of carbonyl (C=O) groups excluding carboxylic acids is 3. The van der Waals surface area contributed by atoms with Crippen LogP contribution in [-0.2, 0) is 14.3 Å². The maximum atomic E-state index is 14.1. The van der Waals surface area contributed by atoms with E-state index in [-0.39, 0.29) is 16.7 Å². The molecule has 8 nitrogen and oxygen atoms in total. The molecule has 1 heterocycles. The average molecular weight is 519 g/mol. The maximum absolute atomic E-state index is 14.1. The van der Waals surface area contributed by atoms with Crippen molar-refractivity contribution in [3.05, 3.63) is 106 Å². The quantitative estimate of drug-likeness (QED) is 0.388. The number of aliphatic hydroxyl groups excluding tert-OH is 1. The van der Waals surface area contributed by atoms with Gasteiger partial charge in [0.25, 0.3) is 0 Å². The van der Waals surface area contributed by atoms with Crippen molar-refractivity contribution in [1.82, 2.24) is 0 Å².